The van der Waals surface area contributed by atoms with Gasteiger partial charge in [-0.25, -0.2) is 4.39 Å². The maximum Gasteiger partial charge on any atom is 0.129 e. The van der Waals surface area contributed by atoms with Gasteiger partial charge in [-0.3, -0.25) is 0 Å². The van der Waals surface area contributed by atoms with Gasteiger partial charge in [0.05, 0.1) is 10.4 Å². The lowest BCUT2D eigenvalue weighted by Crippen LogP contribution is -2.08. The predicted octanol–water partition coefficient (Wildman–Crippen LogP) is 5.57. The fourth-order valence-corrected chi connectivity index (χ4v) is 3.86. The zero-order valence-electron chi connectivity index (χ0n) is 9.10. The van der Waals surface area contributed by atoms with E-state index in [1.165, 1.54) is 12.5 Å². The van der Waals surface area contributed by atoms with Crippen molar-refractivity contribution in [3.8, 4) is 0 Å². The number of benzene rings is 1. The lowest BCUT2D eigenvalue weighted by Gasteiger charge is -2.20. The van der Waals surface area contributed by atoms with Gasteiger partial charge in [-0.2, -0.15) is 0 Å². The SMILES string of the molecule is Fc1cc(Br)c(Cl)cc1C(Cl)C1CC2CC2C1. The van der Waals surface area contributed by atoms with Gasteiger partial charge in [0.15, 0.2) is 0 Å². The van der Waals surface area contributed by atoms with Gasteiger partial charge < -0.3 is 0 Å². The summed E-state index contributed by atoms with van der Waals surface area (Å²) in [7, 11) is 0. The van der Waals surface area contributed by atoms with E-state index >= 15 is 0 Å². The fourth-order valence-electron chi connectivity index (χ4n) is 3.00. The minimum Gasteiger partial charge on any atom is -0.207 e. The molecule has 0 spiro atoms. The Kier molecular flexibility index (Phi) is 3.17. The highest BCUT2D eigenvalue weighted by molar-refractivity contribution is 9.10. The second kappa shape index (κ2) is 4.40. The van der Waals surface area contributed by atoms with Crippen LogP contribution in [-0.4, -0.2) is 0 Å². The molecule has 2 aliphatic rings. The minimum atomic E-state index is -0.262. The number of halogens is 4. The standard InChI is InChI=1S/C13H12BrCl2F/c14-10-5-12(17)9(4-11(10)15)13(16)8-2-6-1-7(6)3-8/h4-8,13H,1-3H2. The van der Waals surface area contributed by atoms with Crippen molar-refractivity contribution in [3.63, 3.8) is 0 Å². The monoisotopic (exact) mass is 336 g/mol. The summed E-state index contributed by atoms with van der Waals surface area (Å²) in [6.45, 7) is 0. The van der Waals surface area contributed by atoms with Crippen LogP contribution in [0.3, 0.4) is 0 Å². The molecule has 1 aromatic carbocycles. The highest BCUT2D eigenvalue weighted by Gasteiger charge is 2.48. The Bertz CT molecular complexity index is 453. The third kappa shape index (κ3) is 2.24. The Hall–Kier alpha value is 0.210. The van der Waals surface area contributed by atoms with Crippen molar-refractivity contribution < 1.29 is 4.39 Å². The molecule has 0 heterocycles. The van der Waals surface area contributed by atoms with E-state index < -0.39 is 0 Å². The van der Waals surface area contributed by atoms with E-state index in [0.717, 1.165) is 24.7 Å². The lowest BCUT2D eigenvalue weighted by molar-refractivity contribution is 0.459. The topological polar surface area (TPSA) is 0 Å². The molecule has 2 aliphatic carbocycles. The van der Waals surface area contributed by atoms with Gasteiger partial charge in [0.1, 0.15) is 5.82 Å². The van der Waals surface area contributed by atoms with Crippen molar-refractivity contribution in [3.05, 3.63) is 33.0 Å². The first kappa shape index (κ1) is 12.3. The minimum absolute atomic E-state index is 0.242. The molecule has 4 heteroatoms. The van der Waals surface area contributed by atoms with E-state index in [1.807, 2.05) is 0 Å². The highest BCUT2D eigenvalue weighted by atomic mass is 79.9. The molecular formula is C13H12BrCl2F. The molecule has 0 bridgehead atoms. The van der Waals surface area contributed by atoms with Gasteiger partial charge in [-0.15, -0.1) is 11.6 Å². The van der Waals surface area contributed by atoms with Crippen molar-refractivity contribution in [1.29, 1.82) is 0 Å². The highest BCUT2D eigenvalue weighted by Crippen LogP contribution is 2.58. The number of hydrogen-bond donors (Lipinski definition) is 0. The summed E-state index contributed by atoms with van der Waals surface area (Å²) in [4.78, 5) is 0. The van der Waals surface area contributed by atoms with Gasteiger partial charge in [-0.1, -0.05) is 11.6 Å². The fraction of sp³-hybridized carbons (Fsp3) is 0.538. The number of fused-ring (bicyclic) bond motifs is 1. The second-order valence-corrected chi connectivity index (χ2v) is 6.91. The lowest BCUT2D eigenvalue weighted by atomic mass is 9.94. The third-order valence-corrected chi connectivity index (χ3v) is 5.82. The third-order valence-electron chi connectivity index (χ3n) is 4.03. The first-order valence-electron chi connectivity index (χ1n) is 5.84. The van der Waals surface area contributed by atoms with Gasteiger partial charge in [0.2, 0.25) is 0 Å². The average Bonchev–Trinajstić information content (AvgIpc) is 2.90. The molecular weight excluding hydrogens is 326 g/mol. The number of alkyl halides is 1. The van der Waals surface area contributed by atoms with E-state index in [0.29, 0.717) is 21.0 Å². The van der Waals surface area contributed by atoms with E-state index in [-0.39, 0.29) is 11.2 Å². The Morgan fingerprint density at radius 3 is 2.53 bits per heavy atom. The van der Waals surface area contributed by atoms with Gasteiger partial charge in [0, 0.05) is 10.0 Å². The van der Waals surface area contributed by atoms with Crippen LogP contribution in [0.4, 0.5) is 4.39 Å². The average molecular weight is 338 g/mol. The summed E-state index contributed by atoms with van der Waals surface area (Å²) in [5.41, 5.74) is 0.547. The van der Waals surface area contributed by atoms with Gasteiger partial charge in [0.25, 0.3) is 0 Å². The van der Waals surface area contributed by atoms with Crippen molar-refractivity contribution in [2.75, 3.05) is 0 Å². The van der Waals surface area contributed by atoms with Gasteiger partial charge >= 0.3 is 0 Å². The van der Waals surface area contributed by atoms with Crippen LogP contribution in [0.5, 0.6) is 0 Å². The van der Waals surface area contributed by atoms with Crippen LogP contribution in [0.2, 0.25) is 5.02 Å². The molecule has 2 saturated carbocycles. The Balaban J connectivity index is 1.85. The molecule has 0 amide bonds. The Morgan fingerprint density at radius 1 is 1.24 bits per heavy atom. The first-order chi connectivity index (χ1) is 8.06. The number of hydrogen-bond acceptors (Lipinski definition) is 0. The van der Waals surface area contributed by atoms with E-state index in [1.54, 1.807) is 6.07 Å². The molecule has 0 N–H and O–H groups in total. The van der Waals surface area contributed by atoms with Crippen LogP contribution < -0.4 is 0 Å². The molecule has 17 heavy (non-hydrogen) atoms. The Morgan fingerprint density at radius 2 is 1.88 bits per heavy atom. The van der Waals surface area contributed by atoms with Crippen LogP contribution in [0.25, 0.3) is 0 Å². The van der Waals surface area contributed by atoms with Crippen LogP contribution in [-0.2, 0) is 0 Å². The van der Waals surface area contributed by atoms with Crippen molar-refractivity contribution in [2.24, 2.45) is 17.8 Å². The first-order valence-corrected chi connectivity index (χ1v) is 7.45. The van der Waals surface area contributed by atoms with Crippen molar-refractivity contribution in [1.82, 2.24) is 0 Å². The maximum absolute atomic E-state index is 13.9. The van der Waals surface area contributed by atoms with Crippen LogP contribution >= 0.6 is 39.1 Å². The molecule has 2 fully saturated rings. The molecule has 0 aromatic heterocycles. The quantitative estimate of drug-likeness (QED) is 0.489. The smallest absolute Gasteiger partial charge is 0.129 e. The second-order valence-electron chi connectivity index (χ2n) is 5.18. The molecule has 0 aliphatic heterocycles. The van der Waals surface area contributed by atoms with E-state index in [2.05, 4.69) is 15.9 Å². The zero-order chi connectivity index (χ0) is 12.2. The van der Waals surface area contributed by atoms with Crippen LogP contribution in [0, 0.1) is 23.6 Å². The predicted molar refractivity (Wildman–Crippen MR) is 72.0 cm³/mol. The van der Waals surface area contributed by atoms with Crippen LogP contribution in [0.1, 0.15) is 30.2 Å². The zero-order valence-corrected chi connectivity index (χ0v) is 12.2. The normalized spacial score (nSPS) is 32.4. The summed E-state index contributed by atoms with van der Waals surface area (Å²) in [6.07, 6.45) is 3.64. The summed E-state index contributed by atoms with van der Waals surface area (Å²) < 4.78 is 14.5. The van der Waals surface area contributed by atoms with Crippen molar-refractivity contribution in [2.45, 2.75) is 24.6 Å². The molecule has 92 valence electrons. The Labute approximate surface area is 119 Å². The molecule has 0 radical (unpaired) electrons. The molecule has 0 saturated heterocycles. The molecule has 0 nitrogen and oxygen atoms in total. The summed E-state index contributed by atoms with van der Waals surface area (Å²) >= 11 is 15.6. The summed E-state index contributed by atoms with van der Waals surface area (Å²) in [5, 5.41) is 0.281. The molecule has 3 atom stereocenters. The maximum atomic E-state index is 13.9. The molecule has 3 unspecified atom stereocenters. The van der Waals surface area contributed by atoms with E-state index in [4.69, 9.17) is 23.2 Å². The molecule has 1 aromatic rings. The number of rotatable bonds is 2. The largest absolute Gasteiger partial charge is 0.207 e. The summed E-state index contributed by atoms with van der Waals surface area (Å²) in [6, 6.07) is 3.06. The van der Waals surface area contributed by atoms with Gasteiger partial charge in [-0.05, 0) is 65.1 Å². The van der Waals surface area contributed by atoms with E-state index in [9.17, 15) is 4.39 Å². The van der Waals surface area contributed by atoms with Crippen molar-refractivity contribution >= 4 is 39.1 Å². The summed E-state index contributed by atoms with van der Waals surface area (Å²) in [5.74, 6) is 1.86. The van der Waals surface area contributed by atoms with Crippen LogP contribution in [0.15, 0.2) is 16.6 Å². The molecule has 3 rings (SSSR count).